The first kappa shape index (κ1) is 28.8. The van der Waals surface area contributed by atoms with Gasteiger partial charge in [-0.15, -0.1) is 0 Å². The molecule has 5 nitrogen and oxygen atoms in total. The van der Waals surface area contributed by atoms with E-state index in [4.69, 9.17) is 9.97 Å². The van der Waals surface area contributed by atoms with E-state index >= 15 is 0 Å². The molecule has 0 radical (unpaired) electrons. The Morgan fingerprint density at radius 2 is 1.15 bits per heavy atom. The van der Waals surface area contributed by atoms with Crippen molar-refractivity contribution in [2.24, 2.45) is 0 Å². The molecule has 0 spiro atoms. The highest BCUT2D eigenvalue weighted by Crippen LogP contribution is 2.37. The van der Waals surface area contributed by atoms with E-state index in [0.29, 0.717) is 0 Å². The van der Waals surface area contributed by atoms with Crippen LogP contribution in [0, 0.1) is 6.92 Å². The highest BCUT2D eigenvalue weighted by atomic mass is 14.8. The number of H-pyrrole nitrogens is 3. The molecule has 0 saturated heterocycles. The van der Waals surface area contributed by atoms with Crippen LogP contribution >= 0.6 is 0 Å². The number of benzene rings is 2. The molecule has 0 amide bonds. The van der Waals surface area contributed by atoms with E-state index in [0.717, 1.165) is 91.0 Å². The summed E-state index contributed by atoms with van der Waals surface area (Å²) in [6, 6.07) is 34.1. The Hall–Kier alpha value is -5.68. The number of hydrogen-bond donors (Lipinski definition) is 3. The molecule has 5 heteroatoms. The van der Waals surface area contributed by atoms with Gasteiger partial charge in [0.15, 0.2) is 0 Å². The predicted octanol–water partition coefficient (Wildman–Crippen LogP) is 11.1. The van der Waals surface area contributed by atoms with Crippen LogP contribution in [0.1, 0.15) is 61.1 Å². The zero-order valence-electron chi connectivity index (χ0n) is 27.2. The van der Waals surface area contributed by atoms with E-state index < -0.39 is 0 Å². The van der Waals surface area contributed by atoms with E-state index in [1.165, 1.54) is 22.3 Å². The maximum Gasteiger partial charge on any atom is 0.0907 e. The molecule has 4 aromatic heterocycles. The summed E-state index contributed by atoms with van der Waals surface area (Å²) in [5, 5.41) is 0. The summed E-state index contributed by atoms with van der Waals surface area (Å²) >= 11 is 0. The molecule has 0 saturated carbocycles. The van der Waals surface area contributed by atoms with Gasteiger partial charge in [-0.3, -0.25) is 0 Å². The van der Waals surface area contributed by atoms with Gasteiger partial charge in [-0.05, 0) is 109 Å². The number of hydrogen-bond acceptors (Lipinski definition) is 2. The monoisotopic (exact) mass is 611 g/mol. The lowest BCUT2D eigenvalue weighted by molar-refractivity contribution is 1.14. The summed E-state index contributed by atoms with van der Waals surface area (Å²) < 4.78 is 0. The first-order valence-corrected chi connectivity index (χ1v) is 16.5. The summed E-state index contributed by atoms with van der Waals surface area (Å²) in [5.74, 6) is 0. The van der Waals surface area contributed by atoms with Gasteiger partial charge in [0.1, 0.15) is 0 Å². The first-order valence-electron chi connectivity index (χ1n) is 16.5. The third-order valence-electron chi connectivity index (χ3n) is 9.53. The number of aromatic amines is 3. The Kier molecular flexibility index (Phi) is 7.10. The minimum Gasteiger partial charge on any atom is -0.355 e. The fourth-order valence-corrected chi connectivity index (χ4v) is 7.21. The fourth-order valence-electron chi connectivity index (χ4n) is 7.21. The SMILES string of the molecule is CCC1=C(C)c2nc1cc1ccc([nH]1)c(-c1ccccc1)c1nc(c(-c3ccccc3)c3ccc(cc4[nH]c2c(C)c4CC)[nH]3)C=C1. The second-order valence-electron chi connectivity index (χ2n) is 12.3. The average molecular weight is 612 g/mol. The lowest BCUT2D eigenvalue weighted by Gasteiger charge is -2.05. The van der Waals surface area contributed by atoms with Crippen LogP contribution in [0.15, 0.2) is 97.1 Å². The number of fused-ring (bicyclic) bond motifs is 11. The minimum atomic E-state index is 0.907. The van der Waals surface area contributed by atoms with Crippen molar-refractivity contribution in [2.75, 3.05) is 0 Å². The maximum atomic E-state index is 5.32. The van der Waals surface area contributed by atoms with E-state index in [-0.39, 0.29) is 0 Å². The predicted molar refractivity (Wildman–Crippen MR) is 198 cm³/mol. The third kappa shape index (κ3) is 4.95. The molecule has 0 atom stereocenters. The molecule has 10 bridgehead atoms. The van der Waals surface area contributed by atoms with Crippen molar-refractivity contribution in [3.8, 4) is 22.3 Å². The van der Waals surface area contributed by atoms with Gasteiger partial charge < -0.3 is 15.0 Å². The zero-order chi connectivity index (χ0) is 32.1. The van der Waals surface area contributed by atoms with Crippen molar-refractivity contribution in [1.29, 1.82) is 0 Å². The molecule has 6 aromatic rings. The molecule has 0 fully saturated rings. The number of nitrogens with one attached hydrogen (secondary N) is 3. The first-order chi connectivity index (χ1) is 23.0. The minimum absolute atomic E-state index is 0.907. The molecule has 8 rings (SSSR count). The van der Waals surface area contributed by atoms with Gasteiger partial charge in [-0.1, -0.05) is 74.5 Å². The number of allylic oxidation sites excluding steroid dienone is 2. The number of rotatable bonds is 4. The highest BCUT2D eigenvalue weighted by molar-refractivity contribution is 5.98. The van der Waals surface area contributed by atoms with E-state index in [1.54, 1.807) is 0 Å². The second kappa shape index (κ2) is 11.6. The van der Waals surface area contributed by atoms with Crippen LogP contribution in [0.2, 0.25) is 0 Å². The smallest absolute Gasteiger partial charge is 0.0907 e. The third-order valence-corrected chi connectivity index (χ3v) is 9.53. The molecular weight excluding hydrogens is 574 g/mol. The highest BCUT2D eigenvalue weighted by Gasteiger charge is 2.20. The summed E-state index contributed by atoms with van der Waals surface area (Å²) in [7, 11) is 0. The van der Waals surface area contributed by atoms with Crippen LogP contribution in [0.5, 0.6) is 0 Å². The van der Waals surface area contributed by atoms with Crippen LogP contribution in [0.25, 0.3) is 78.7 Å². The number of nitrogens with zero attached hydrogens (tertiary/aromatic N) is 2. The molecule has 2 aromatic carbocycles. The molecule has 0 unspecified atom stereocenters. The molecule has 47 heavy (non-hydrogen) atoms. The largest absolute Gasteiger partial charge is 0.355 e. The van der Waals surface area contributed by atoms with Gasteiger partial charge in [0.2, 0.25) is 0 Å². The van der Waals surface area contributed by atoms with Crippen molar-refractivity contribution in [1.82, 2.24) is 24.9 Å². The van der Waals surface area contributed by atoms with Crippen LogP contribution in [-0.4, -0.2) is 24.9 Å². The lowest BCUT2D eigenvalue weighted by Crippen LogP contribution is -1.87. The lowest BCUT2D eigenvalue weighted by atomic mass is 10.0. The second-order valence-corrected chi connectivity index (χ2v) is 12.3. The van der Waals surface area contributed by atoms with E-state index in [1.807, 2.05) is 0 Å². The van der Waals surface area contributed by atoms with Gasteiger partial charge >= 0.3 is 0 Å². The molecular formula is C42H37N5. The van der Waals surface area contributed by atoms with Gasteiger partial charge in [-0.2, -0.15) is 0 Å². The quantitative estimate of drug-likeness (QED) is 0.185. The average Bonchev–Trinajstić information content (AvgIpc) is 3.93. The van der Waals surface area contributed by atoms with Crippen molar-refractivity contribution >= 4 is 56.4 Å². The van der Waals surface area contributed by atoms with E-state index in [2.05, 4.69) is 152 Å². The van der Waals surface area contributed by atoms with E-state index in [9.17, 15) is 0 Å². The summed E-state index contributed by atoms with van der Waals surface area (Å²) in [4.78, 5) is 21.8. The fraction of sp³-hybridized carbons (Fsp3) is 0.143. The van der Waals surface area contributed by atoms with Crippen LogP contribution in [0.4, 0.5) is 0 Å². The normalized spacial score (nSPS) is 12.7. The summed E-state index contributed by atoms with van der Waals surface area (Å²) in [6.45, 7) is 8.86. The zero-order valence-corrected chi connectivity index (χ0v) is 27.2. The summed E-state index contributed by atoms with van der Waals surface area (Å²) in [5.41, 5.74) is 19.6. The maximum absolute atomic E-state index is 5.32. The van der Waals surface area contributed by atoms with Crippen LogP contribution in [0.3, 0.4) is 0 Å². The Morgan fingerprint density at radius 1 is 0.574 bits per heavy atom. The number of aromatic nitrogens is 5. The van der Waals surface area contributed by atoms with Gasteiger partial charge in [-0.25, -0.2) is 9.97 Å². The molecule has 2 aliphatic heterocycles. The van der Waals surface area contributed by atoms with Crippen molar-refractivity contribution in [3.05, 3.63) is 131 Å². The molecule has 6 heterocycles. The molecule has 3 N–H and O–H groups in total. The molecule has 0 aliphatic carbocycles. The summed E-state index contributed by atoms with van der Waals surface area (Å²) in [6.07, 6.45) is 6.11. The van der Waals surface area contributed by atoms with Crippen molar-refractivity contribution in [3.63, 3.8) is 0 Å². The number of aryl methyl sites for hydroxylation is 2. The van der Waals surface area contributed by atoms with Crippen LogP contribution < -0.4 is 0 Å². The standard InChI is InChI=1S/C42H37N5/c1-5-31-25(3)41-42-26(4)32(6-2)38(47-42)24-30-18-20-34(44-30)40(28-15-11-8-12-16-28)36-22-21-35(45-36)39(27-13-9-7-10-14-27)33-19-17-29(43-33)23-37(31)46-41/h7-24,43-44,46H,5-6H2,1-4H3. The Balaban J connectivity index is 1.55. The van der Waals surface area contributed by atoms with Gasteiger partial charge in [0, 0.05) is 38.7 Å². The van der Waals surface area contributed by atoms with Crippen LogP contribution in [-0.2, 0) is 6.42 Å². The van der Waals surface area contributed by atoms with Gasteiger partial charge in [0.25, 0.3) is 0 Å². The van der Waals surface area contributed by atoms with Crippen molar-refractivity contribution in [2.45, 2.75) is 40.5 Å². The Morgan fingerprint density at radius 3 is 1.70 bits per heavy atom. The Bertz CT molecular complexity index is 2430. The van der Waals surface area contributed by atoms with Crippen molar-refractivity contribution < 1.29 is 0 Å². The Labute approximate surface area is 274 Å². The molecule has 230 valence electrons. The van der Waals surface area contributed by atoms with Gasteiger partial charge in [0.05, 0.1) is 28.3 Å². The topological polar surface area (TPSA) is 73.2 Å². The molecule has 2 aliphatic rings.